The molecule has 1 aromatic heterocycles. The van der Waals surface area contributed by atoms with E-state index in [1.165, 1.54) is 19.3 Å². The molecule has 2 aliphatic rings. The molecule has 0 aliphatic heterocycles. The molecule has 0 radical (unpaired) electrons. The first-order valence-electron chi connectivity index (χ1n) is 7.38. The van der Waals surface area contributed by atoms with Gasteiger partial charge in [-0.05, 0) is 42.9 Å². The Bertz CT molecular complexity index is 687. The van der Waals surface area contributed by atoms with Crippen molar-refractivity contribution < 1.29 is 4.74 Å². The van der Waals surface area contributed by atoms with Gasteiger partial charge in [-0.3, -0.25) is 5.10 Å². The third-order valence-electron chi connectivity index (χ3n) is 4.99. The van der Waals surface area contributed by atoms with Crippen LogP contribution in [0.2, 0.25) is 5.02 Å². The van der Waals surface area contributed by atoms with Crippen molar-refractivity contribution >= 4 is 17.4 Å². The summed E-state index contributed by atoms with van der Waals surface area (Å²) < 4.78 is 5.47. The van der Waals surface area contributed by atoms with Crippen LogP contribution in [0.25, 0.3) is 11.1 Å². The van der Waals surface area contributed by atoms with E-state index in [-0.39, 0.29) is 0 Å². The number of anilines is 1. The fourth-order valence-corrected chi connectivity index (χ4v) is 4.19. The van der Waals surface area contributed by atoms with Gasteiger partial charge in [0, 0.05) is 22.2 Å². The molecule has 2 saturated carbocycles. The van der Waals surface area contributed by atoms with Gasteiger partial charge in [0.2, 0.25) is 0 Å². The van der Waals surface area contributed by atoms with Crippen molar-refractivity contribution in [1.82, 2.24) is 10.2 Å². The van der Waals surface area contributed by atoms with Gasteiger partial charge in [-0.15, -0.1) is 0 Å². The van der Waals surface area contributed by atoms with Crippen LogP contribution in [0, 0.1) is 11.8 Å². The van der Waals surface area contributed by atoms with Gasteiger partial charge < -0.3 is 10.5 Å². The maximum atomic E-state index is 6.16. The number of aromatic nitrogens is 2. The highest BCUT2D eigenvalue weighted by atomic mass is 35.5. The number of methoxy groups -OCH3 is 1. The maximum absolute atomic E-state index is 6.16. The van der Waals surface area contributed by atoms with E-state index < -0.39 is 0 Å². The van der Waals surface area contributed by atoms with Gasteiger partial charge in [0.25, 0.3) is 0 Å². The molecule has 1 heterocycles. The molecule has 2 aromatic rings. The lowest BCUT2D eigenvalue weighted by molar-refractivity contribution is 0.416. The number of nitrogens with zero attached hydrogens (tertiary/aromatic N) is 1. The van der Waals surface area contributed by atoms with Gasteiger partial charge in [0.15, 0.2) is 5.82 Å². The highest BCUT2D eigenvalue weighted by Crippen LogP contribution is 2.64. The minimum absolute atomic E-state index is 0.524. The van der Waals surface area contributed by atoms with Crippen LogP contribution in [0.3, 0.4) is 0 Å². The summed E-state index contributed by atoms with van der Waals surface area (Å²) in [6, 6.07) is 5.61. The summed E-state index contributed by atoms with van der Waals surface area (Å²) >= 11 is 6.16. The Balaban J connectivity index is 1.82. The molecule has 2 fully saturated rings. The number of nitrogens with one attached hydrogen (secondary N) is 1. The normalized spacial score (nSPS) is 26.7. The van der Waals surface area contributed by atoms with E-state index in [2.05, 4.69) is 10.2 Å². The van der Waals surface area contributed by atoms with E-state index in [4.69, 9.17) is 22.1 Å². The Morgan fingerprint density at radius 2 is 2.10 bits per heavy atom. The van der Waals surface area contributed by atoms with E-state index in [1.54, 1.807) is 7.11 Å². The summed E-state index contributed by atoms with van der Waals surface area (Å²) in [6.45, 7) is 0. The number of nitrogens with two attached hydrogens (primary N) is 1. The summed E-state index contributed by atoms with van der Waals surface area (Å²) in [5, 5.41) is 8.08. The predicted molar refractivity (Wildman–Crippen MR) is 83.6 cm³/mol. The van der Waals surface area contributed by atoms with Crippen LogP contribution < -0.4 is 10.5 Å². The lowest BCUT2D eigenvalue weighted by Gasteiger charge is -2.11. The van der Waals surface area contributed by atoms with Crippen LogP contribution in [0.5, 0.6) is 5.75 Å². The molecule has 3 N–H and O–H groups in total. The molecule has 0 spiro atoms. The molecule has 0 saturated heterocycles. The van der Waals surface area contributed by atoms with Gasteiger partial charge in [-0.25, -0.2) is 0 Å². The highest BCUT2D eigenvalue weighted by molar-refractivity contribution is 6.31. The topological polar surface area (TPSA) is 63.9 Å². The summed E-state index contributed by atoms with van der Waals surface area (Å²) in [4.78, 5) is 0. The van der Waals surface area contributed by atoms with Gasteiger partial charge in [-0.2, -0.15) is 5.10 Å². The van der Waals surface area contributed by atoms with Crippen molar-refractivity contribution in [3.63, 3.8) is 0 Å². The van der Waals surface area contributed by atoms with Gasteiger partial charge in [-0.1, -0.05) is 18.0 Å². The molecule has 21 heavy (non-hydrogen) atoms. The van der Waals surface area contributed by atoms with Gasteiger partial charge in [0.05, 0.1) is 12.7 Å². The highest BCUT2D eigenvalue weighted by Gasteiger charge is 2.55. The van der Waals surface area contributed by atoms with E-state index in [1.807, 2.05) is 18.2 Å². The van der Waals surface area contributed by atoms with Crippen LogP contribution >= 0.6 is 11.6 Å². The standard InChI is InChI=1S/C16H18ClN3O/c1-21-12-6-5-8(17)7-11(12)14-15(19-20-16(14)18)13-9-3-2-4-10(9)13/h5-7,9-10,13H,2-4H2,1H3,(H3,18,19,20). The quantitative estimate of drug-likeness (QED) is 0.905. The van der Waals surface area contributed by atoms with E-state index in [0.29, 0.717) is 16.8 Å². The molecule has 4 nitrogen and oxygen atoms in total. The van der Waals surface area contributed by atoms with Crippen molar-refractivity contribution in [1.29, 1.82) is 0 Å². The fraction of sp³-hybridized carbons (Fsp3) is 0.438. The summed E-state index contributed by atoms with van der Waals surface area (Å²) in [5.41, 5.74) is 9.17. The predicted octanol–water partition coefficient (Wildman–Crippen LogP) is 3.83. The number of hydrogen-bond acceptors (Lipinski definition) is 3. The van der Waals surface area contributed by atoms with Crippen molar-refractivity contribution in [3.8, 4) is 16.9 Å². The van der Waals surface area contributed by atoms with E-state index in [0.717, 1.165) is 34.4 Å². The zero-order chi connectivity index (χ0) is 14.6. The molecule has 0 amide bonds. The second-order valence-electron chi connectivity index (χ2n) is 6.03. The van der Waals surface area contributed by atoms with Crippen LogP contribution in [0.4, 0.5) is 5.82 Å². The lowest BCUT2D eigenvalue weighted by Crippen LogP contribution is -1.95. The van der Waals surface area contributed by atoms with Crippen molar-refractivity contribution in [2.24, 2.45) is 11.8 Å². The molecular formula is C16H18ClN3O. The second-order valence-corrected chi connectivity index (χ2v) is 6.46. The average molecular weight is 304 g/mol. The number of benzene rings is 1. The van der Waals surface area contributed by atoms with E-state index in [9.17, 15) is 0 Å². The smallest absolute Gasteiger partial charge is 0.153 e. The van der Waals surface area contributed by atoms with Gasteiger partial charge >= 0.3 is 0 Å². The van der Waals surface area contributed by atoms with Gasteiger partial charge in [0.1, 0.15) is 5.75 Å². The number of H-pyrrole nitrogens is 1. The minimum atomic E-state index is 0.524. The fourth-order valence-electron chi connectivity index (χ4n) is 4.02. The number of nitrogen functional groups attached to an aromatic ring is 1. The summed E-state index contributed by atoms with van der Waals surface area (Å²) in [7, 11) is 1.66. The molecule has 5 heteroatoms. The molecule has 1 aromatic carbocycles. The zero-order valence-electron chi connectivity index (χ0n) is 11.9. The Morgan fingerprint density at radius 1 is 1.33 bits per heavy atom. The number of ether oxygens (including phenoxy) is 1. The minimum Gasteiger partial charge on any atom is -0.496 e. The molecule has 110 valence electrons. The maximum Gasteiger partial charge on any atom is 0.153 e. The first-order valence-corrected chi connectivity index (χ1v) is 7.76. The Labute approximate surface area is 128 Å². The molecule has 2 aliphatic carbocycles. The zero-order valence-corrected chi connectivity index (χ0v) is 12.7. The Kier molecular flexibility index (Phi) is 2.89. The number of halogens is 1. The lowest BCUT2D eigenvalue weighted by atomic mass is 9.99. The Morgan fingerprint density at radius 3 is 2.81 bits per heavy atom. The largest absolute Gasteiger partial charge is 0.496 e. The van der Waals surface area contributed by atoms with Crippen molar-refractivity contribution in [2.45, 2.75) is 25.2 Å². The third-order valence-corrected chi connectivity index (χ3v) is 5.23. The number of hydrogen-bond donors (Lipinski definition) is 2. The van der Waals surface area contributed by atoms with Crippen LogP contribution in [-0.2, 0) is 0 Å². The summed E-state index contributed by atoms with van der Waals surface area (Å²) in [6.07, 6.45) is 3.99. The monoisotopic (exact) mass is 303 g/mol. The third kappa shape index (κ3) is 1.93. The second kappa shape index (κ2) is 4.67. The molecule has 4 rings (SSSR count). The van der Waals surface area contributed by atoms with Crippen LogP contribution in [0.1, 0.15) is 30.9 Å². The van der Waals surface area contributed by atoms with Crippen molar-refractivity contribution in [3.05, 3.63) is 28.9 Å². The number of fused-ring (bicyclic) bond motifs is 1. The first kappa shape index (κ1) is 13.0. The summed E-state index contributed by atoms with van der Waals surface area (Å²) in [5.74, 6) is 3.47. The average Bonchev–Trinajstić information content (AvgIpc) is 2.85. The van der Waals surface area contributed by atoms with E-state index >= 15 is 0 Å². The number of aromatic amines is 1. The SMILES string of the molecule is COc1ccc(Cl)cc1-c1c(N)n[nH]c1C1C2CCCC21. The van der Waals surface area contributed by atoms with Crippen molar-refractivity contribution in [2.75, 3.05) is 12.8 Å². The first-order chi connectivity index (χ1) is 10.2. The van der Waals surface area contributed by atoms with Crippen LogP contribution in [0.15, 0.2) is 18.2 Å². The molecular weight excluding hydrogens is 286 g/mol. The molecule has 0 bridgehead atoms. The Hall–Kier alpha value is -1.68. The van der Waals surface area contributed by atoms with Crippen LogP contribution in [-0.4, -0.2) is 17.3 Å². The molecule has 2 atom stereocenters. The molecule has 2 unspecified atom stereocenters. The number of rotatable bonds is 3.